The van der Waals surface area contributed by atoms with Gasteiger partial charge in [0.1, 0.15) is 5.75 Å². The lowest BCUT2D eigenvalue weighted by atomic mass is 10.0. The van der Waals surface area contributed by atoms with E-state index in [4.69, 9.17) is 4.74 Å². The van der Waals surface area contributed by atoms with E-state index in [1.807, 2.05) is 48.5 Å². The average molecular weight is 360 g/mol. The van der Waals surface area contributed by atoms with Gasteiger partial charge >= 0.3 is 0 Å². The first-order valence-electron chi connectivity index (χ1n) is 8.82. The van der Waals surface area contributed by atoms with E-state index in [0.717, 1.165) is 22.3 Å². The van der Waals surface area contributed by atoms with Gasteiger partial charge in [-0.2, -0.15) is 0 Å². The van der Waals surface area contributed by atoms with Crippen LogP contribution >= 0.6 is 0 Å². The van der Waals surface area contributed by atoms with Gasteiger partial charge in [-0.15, -0.1) is 0 Å². The number of methoxy groups -OCH3 is 1. The Morgan fingerprint density at radius 2 is 1.89 bits per heavy atom. The van der Waals surface area contributed by atoms with Gasteiger partial charge in [-0.1, -0.05) is 30.3 Å². The van der Waals surface area contributed by atoms with Gasteiger partial charge in [-0.05, 0) is 46.5 Å². The minimum Gasteiger partial charge on any atom is -0.496 e. The van der Waals surface area contributed by atoms with Gasteiger partial charge in [0, 0.05) is 18.8 Å². The Hall–Kier alpha value is -3.18. The molecule has 0 spiro atoms. The third-order valence-corrected chi connectivity index (χ3v) is 4.95. The second-order valence-corrected chi connectivity index (χ2v) is 6.57. The zero-order valence-electron chi connectivity index (χ0n) is 14.9. The van der Waals surface area contributed by atoms with Crippen molar-refractivity contribution in [3.05, 3.63) is 83.7 Å². The van der Waals surface area contributed by atoms with Gasteiger partial charge in [0.25, 0.3) is 5.91 Å². The summed E-state index contributed by atoms with van der Waals surface area (Å²) in [5, 5.41) is 13.3. The van der Waals surface area contributed by atoms with Crippen molar-refractivity contribution in [2.24, 2.45) is 0 Å². The summed E-state index contributed by atoms with van der Waals surface area (Å²) in [6.45, 7) is 0. The molecule has 0 unspecified atom stereocenters. The number of fused-ring (bicyclic) bond motifs is 1. The van der Waals surface area contributed by atoms with Crippen molar-refractivity contribution in [3.63, 3.8) is 0 Å². The van der Waals surface area contributed by atoms with Gasteiger partial charge in [0.15, 0.2) is 0 Å². The molecule has 0 saturated carbocycles. The molecule has 1 heterocycles. The Morgan fingerprint density at radius 3 is 2.67 bits per heavy atom. The molecule has 0 aliphatic heterocycles. The number of pyridine rings is 1. The van der Waals surface area contributed by atoms with Gasteiger partial charge in [0.05, 0.1) is 24.8 Å². The molecule has 1 amide bonds. The van der Waals surface area contributed by atoms with Crippen molar-refractivity contribution in [2.45, 2.75) is 18.6 Å². The van der Waals surface area contributed by atoms with E-state index in [9.17, 15) is 9.90 Å². The highest BCUT2D eigenvalue weighted by atomic mass is 16.5. The number of nitrogens with zero attached hydrogens (tertiary/aromatic N) is 1. The lowest BCUT2D eigenvalue weighted by Crippen LogP contribution is -2.34. The van der Waals surface area contributed by atoms with E-state index in [-0.39, 0.29) is 5.91 Å². The molecule has 1 aromatic heterocycles. The molecule has 0 bridgehead atoms. The van der Waals surface area contributed by atoms with Crippen molar-refractivity contribution in [2.75, 3.05) is 7.11 Å². The number of amides is 1. The molecule has 2 aromatic carbocycles. The molecular formula is C22H20N2O3. The van der Waals surface area contributed by atoms with Crippen molar-refractivity contribution in [3.8, 4) is 16.9 Å². The largest absolute Gasteiger partial charge is 0.496 e. The molecule has 4 rings (SSSR count). The fourth-order valence-electron chi connectivity index (χ4n) is 3.57. The number of aliphatic hydroxyl groups excluding tert-OH is 1. The van der Waals surface area contributed by atoms with Gasteiger partial charge in [-0.25, -0.2) is 0 Å². The third-order valence-electron chi connectivity index (χ3n) is 4.95. The first-order chi connectivity index (χ1) is 13.2. The monoisotopic (exact) mass is 360 g/mol. The number of nitrogens with one attached hydrogen (secondary N) is 1. The highest BCUT2D eigenvalue weighted by molar-refractivity contribution is 5.98. The Bertz CT molecular complexity index is 972. The molecule has 1 aliphatic rings. The van der Waals surface area contributed by atoms with Crippen LogP contribution in [-0.2, 0) is 6.42 Å². The fraction of sp³-hybridized carbons (Fsp3) is 0.182. The van der Waals surface area contributed by atoms with E-state index in [0.29, 0.717) is 17.7 Å². The highest BCUT2D eigenvalue weighted by Gasteiger charge is 2.32. The summed E-state index contributed by atoms with van der Waals surface area (Å²) >= 11 is 0. The number of ether oxygens (including phenoxy) is 1. The normalized spacial score (nSPS) is 18.0. The van der Waals surface area contributed by atoms with Crippen molar-refractivity contribution in [1.82, 2.24) is 10.3 Å². The first kappa shape index (κ1) is 17.2. The minimum atomic E-state index is -0.631. The number of hydrogen-bond donors (Lipinski definition) is 2. The van der Waals surface area contributed by atoms with Gasteiger partial charge < -0.3 is 15.2 Å². The summed E-state index contributed by atoms with van der Waals surface area (Å²) in [6.07, 6.45) is 3.36. The number of aliphatic hydroxyl groups is 1. The van der Waals surface area contributed by atoms with Crippen LogP contribution in [0.2, 0.25) is 0 Å². The van der Waals surface area contributed by atoms with Crippen LogP contribution in [0, 0.1) is 0 Å². The van der Waals surface area contributed by atoms with Crippen LogP contribution in [0.25, 0.3) is 11.1 Å². The molecule has 27 heavy (non-hydrogen) atoms. The Balaban J connectivity index is 1.61. The number of benzene rings is 2. The van der Waals surface area contributed by atoms with Crippen molar-refractivity contribution < 1.29 is 14.6 Å². The molecule has 1 aliphatic carbocycles. The molecule has 0 fully saturated rings. The number of rotatable bonds is 4. The maximum Gasteiger partial charge on any atom is 0.255 e. The summed E-state index contributed by atoms with van der Waals surface area (Å²) < 4.78 is 5.45. The van der Waals surface area contributed by atoms with Crippen LogP contribution in [0.5, 0.6) is 5.75 Å². The number of carbonyl (C=O) groups excluding carboxylic acids is 1. The van der Waals surface area contributed by atoms with Crippen LogP contribution in [-0.4, -0.2) is 29.2 Å². The molecule has 5 nitrogen and oxygen atoms in total. The quantitative estimate of drug-likeness (QED) is 0.750. The minimum absolute atomic E-state index is 0.270. The molecule has 136 valence electrons. The van der Waals surface area contributed by atoms with E-state index in [2.05, 4.69) is 10.3 Å². The Labute approximate surface area is 157 Å². The van der Waals surface area contributed by atoms with Crippen LogP contribution in [0.15, 0.2) is 67.0 Å². The van der Waals surface area contributed by atoms with Gasteiger partial charge in [0.2, 0.25) is 0 Å². The predicted molar refractivity (Wildman–Crippen MR) is 103 cm³/mol. The molecule has 5 heteroatoms. The van der Waals surface area contributed by atoms with Crippen LogP contribution in [0.1, 0.15) is 27.5 Å². The average Bonchev–Trinajstić information content (AvgIpc) is 3.03. The first-order valence-corrected chi connectivity index (χ1v) is 8.82. The van der Waals surface area contributed by atoms with E-state index in [1.54, 1.807) is 25.6 Å². The molecule has 3 aromatic rings. The lowest BCUT2D eigenvalue weighted by molar-refractivity contribution is 0.0855. The summed E-state index contributed by atoms with van der Waals surface area (Å²) in [5.41, 5.74) is 4.40. The van der Waals surface area contributed by atoms with Crippen LogP contribution in [0.4, 0.5) is 0 Å². The summed E-state index contributed by atoms with van der Waals surface area (Å²) in [5.74, 6) is 0.219. The smallest absolute Gasteiger partial charge is 0.255 e. The van der Waals surface area contributed by atoms with Crippen molar-refractivity contribution >= 4 is 5.91 Å². The van der Waals surface area contributed by atoms with Crippen LogP contribution < -0.4 is 10.1 Å². The molecule has 2 atom stereocenters. The zero-order valence-corrected chi connectivity index (χ0v) is 14.9. The molecule has 2 N–H and O–H groups in total. The third kappa shape index (κ3) is 3.29. The number of aromatic nitrogens is 1. The zero-order chi connectivity index (χ0) is 18.8. The Kier molecular flexibility index (Phi) is 4.60. The molecule has 0 saturated heterocycles. The maximum absolute atomic E-state index is 12.9. The van der Waals surface area contributed by atoms with Gasteiger partial charge in [-0.3, -0.25) is 9.78 Å². The summed E-state index contributed by atoms with van der Waals surface area (Å²) in [4.78, 5) is 16.9. The molecule has 0 radical (unpaired) electrons. The van der Waals surface area contributed by atoms with E-state index in [1.165, 1.54) is 0 Å². The molecular weight excluding hydrogens is 340 g/mol. The van der Waals surface area contributed by atoms with Crippen molar-refractivity contribution in [1.29, 1.82) is 0 Å². The topological polar surface area (TPSA) is 71.5 Å². The van der Waals surface area contributed by atoms with E-state index >= 15 is 0 Å². The second-order valence-electron chi connectivity index (χ2n) is 6.57. The summed E-state index contributed by atoms with van der Waals surface area (Å²) in [6, 6.07) is 16.6. The number of carbonyl (C=O) groups is 1. The standard InChI is InChI=1S/C22H20N2O3/c1-27-20-13-15(14-8-10-23-11-9-14)6-7-18(20)22(26)24-21-17-5-3-2-4-16(17)12-19(21)25/h2-11,13,19,21,25H,12H2,1H3,(H,24,26)/t19-,21+/m1/s1. The predicted octanol–water partition coefficient (Wildman–Crippen LogP) is 3.15. The maximum atomic E-state index is 12.9. The second kappa shape index (κ2) is 7.21. The Morgan fingerprint density at radius 1 is 1.11 bits per heavy atom. The lowest BCUT2D eigenvalue weighted by Gasteiger charge is -2.19. The SMILES string of the molecule is COc1cc(-c2ccncc2)ccc1C(=O)N[C@H]1c2ccccc2C[C@H]1O. The highest BCUT2D eigenvalue weighted by Crippen LogP contribution is 2.32. The summed E-state index contributed by atoms with van der Waals surface area (Å²) in [7, 11) is 1.54. The van der Waals surface area contributed by atoms with Crippen LogP contribution in [0.3, 0.4) is 0 Å². The van der Waals surface area contributed by atoms with E-state index < -0.39 is 12.1 Å². The number of hydrogen-bond acceptors (Lipinski definition) is 4. The fourth-order valence-corrected chi connectivity index (χ4v) is 3.57.